The number of alkyl halides is 3. The van der Waals surface area contributed by atoms with E-state index in [1.54, 1.807) is 16.6 Å². The van der Waals surface area contributed by atoms with Crippen molar-refractivity contribution < 1.29 is 42.2 Å². The average molecular weight is 636 g/mol. The van der Waals surface area contributed by atoms with Crippen LogP contribution in [0.5, 0.6) is 0 Å². The number of benzene rings is 2. The van der Waals surface area contributed by atoms with E-state index < -0.39 is 29.5 Å². The molecule has 1 amide bonds. The number of likely N-dealkylation sites (tertiary alicyclic amines) is 1. The number of rotatable bonds is 5. The highest BCUT2D eigenvalue weighted by Crippen LogP contribution is 2.59. The SMILES string of the molecule is Cn1nc(-c2ccc(C(=O)O)cc2F)c2c1CC(C(=O)N1CCC(O)C1)CC2.O=Cc1c(Cl)cccc1C1(C(F)(F)F)CC1. The van der Waals surface area contributed by atoms with E-state index in [-0.39, 0.29) is 51.9 Å². The number of carbonyl (C=O) groups excluding carboxylic acids is 2. The zero-order valence-corrected chi connectivity index (χ0v) is 24.5. The Hall–Kier alpha value is -3.77. The summed E-state index contributed by atoms with van der Waals surface area (Å²) in [4.78, 5) is 36.3. The van der Waals surface area contributed by atoms with Crippen molar-refractivity contribution in [3.8, 4) is 11.3 Å². The fourth-order valence-electron chi connectivity index (χ4n) is 6.15. The molecule has 0 bridgehead atoms. The van der Waals surface area contributed by atoms with E-state index in [0.717, 1.165) is 17.3 Å². The van der Waals surface area contributed by atoms with E-state index >= 15 is 0 Å². The van der Waals surface area contributed by atoms with Gasteiger partial charge in [0, 0.05) is 54.9 Å². The second kappa shape index (κ2) is 12.0. The Bertz CT molecular complexity index is 1620. The van der Waals surface area contributed by atoms with Crippen LogP contribution >= 0.6 is 11.6 Å². The maximum Gasteiger partial charge on any atom is 0.398 e. The average Bonchev–Trinajstić information content (AvgIpc) is 3.60. The number of nitrogens with zero attached hydrogens (tertiary/aromatic N) is 3. The predicted octanol–water partition coefficient (Wildman–Crippen LogP) is 5.37. The van der Waals surface area contributed by atoms with Crippen LogP contribution in [-0.2, 0) is 30.1 Å². The Kier molecular flexibility index (Phi) is 8.60. The Morgan fingerprint density at radius 3 is 2.45 bits per heavy atom. The molecule has 2 heterocycles. The lowest BCUT2D eigenvalue weighted by atomic mass is 9.85. The van der Waals surface area contributed by atoms with Gasteiger partial charge in [0.25, 0.3) is 0 Å². The summed E-state index contributed by atoms with van der Waals surface area (Å²) in [6.07, 6.45) is -1.93. The third-order valence-electron chi connectivity index (χ3n) is 8.73. The third-order valence-corrected chi connectivity index (χ3v) is 9.06. The van der Waals surface area contributed by atoms with Crippen LogP contribution in [-0.4, -0.2) is 68.4 Å². The summed E-state index contributed by atoms with van der Waals surface area (Å²) in [7, 11) is 1.78. The number of aryl methyl sites for hydroxylation is 1. The van der Waals surface area contributed by atoms with Gasteiger partial charge in [-0.1, -0.05) is 23.7 Å². The Morgan fingerprint density at radius 1 is 1.16 bits per heavy atom. The first-order valence-electron chi connectivity index (χ1n) is 14.1. The molecule has 8 nitrogen and oxygen atoms in total. The number of hydrogen-bond acceptors (Lipinski definition) is 5. The molecule has 0 spiro atoms. The number of carboxylic acid groups (broad SMARTS) is 1. The molecule has 2 aliphatic carbocycles. The van der Waals surface area contributed by atoms with Crippen molar-refractivity contribution in [1.29, 1.82) is 0 Å². The largest absolute Gasteiger partial charge is 0.478 e. The minimum Gasteiger partial charge on any atom is -0.478 e. The molecule has 2 N–H and O–H groups in total. The number of aldehydes is 1. The normalized spacial score (nSPS) is 20.4. The topological polar surface area (TPSA) is 113 Å². The van der Waals surface area contributed by atoms with E-state index in [2.05, 4.69) is 5.10 Å². The Balaban J connectivity index is 0.000000204. The first-order valence-corrected chi connectivity index (χ1v) is 14.5. The van der Waals surface area contributed by atoms with E-state index in [9.17, 15) is 37.1 Å². The molecule has 2 aromatic carbocycles. The van der Waals surface area contributed by atoms with Crippen LogP contribution in [0.25, 0.3) is 11.3 Å². The third kappa shape index (κ3) is 5.84. The second-order valence-corrected chi connectivity index (χ2v) is 11.9. The summed E-state index contributed by atoms with van der Waals surface area (Å²) in [6.45, 7) is 0.973. The van der Waals surface area contributed by atoms with Gasteiger partial charge in [-0.3, -0.25) is 14.3 Å². The minimum absolute atomic E-state index is 0.00231. The molecule has 0 radical (unpaired) electrons. The van der Waals surface area contributed by atoms with Crippen LogP contribution in [0.1, 0.15) is 63.2 Å². The molecule has 44 heavy (non-hydrogen) atoms. The standard InChI is InChI=1S/C20H22FN3O4.C11H8ClF3O/c1-23-17-9-11(19(26)24-7-6-13(25)10-24)2-5-15(17)18(22-23)14-4-3-12(20(27)28)8-16(14)21;12-9-3-1-2-8(7(9)6-16)10(4-5-10)11(13,14)15/h3-4,8,11,13,25H,2,5-7,9-10H2,1H3,(H,27,28);1-3,6H,4-5H2. The van der Waals surface area contributed by atoms with Crippen molar-refractivity contribution in [3.63, 3.8) is 0 Å². The fourth-order valence-corrected chi connectivity index (χ4v) is 6.37. The van der Waals surface area contributed by atoms with Crippen LogP contribution < -0.4 is 0 Å². The van der Waals surface area contributed by atoms with Crippen molar-refractivity contribution >= 4 is 29.8 Å². The van der Waals surface area contributed by atoms with E-state index in [0.29, 0.717) is 50.8 Å². The molecule has 1 aromatic heterocycles. The van der Waals surface area contributed by atoms with Gasteiger partial charge in [-0.15, -0.1) is 0 Å². The summed E-state index contributed by atoms with van der Waals surface area (Å²) in [5.74, 6) is -1.91. The number of carbonyl (C=O) groups is 3. The number of β-amino-alcohol motifs (C(OH)–C–C–N with tert-alkyl or cyclic N) is 1. The van der Waals surface area contributed by atoms with Crippen LogP contribution in [0.2, 0.25) is 5.02 Å². The van der Waals surface area contributed by atoms with Gasteiger partial charge in [0.05, 0.1) is 27.8 Å². The number of aliphatic hydroxyl groups excluding tert-OH is 1. The number of carboxylic acids is 1. The number of aromatic carboxylic acids is 1. The first-order chi connectivity index (χ1) is 20.8. The van der Waals surface area contributed by atoms with Gasteiger partial charge in [-0.25, -0.2) is 9.18 Å². The number of hydrogen-bond donors (Lipinski definition) is 2. The van der Waals surface area contributed by atoms with E-state index in [1.165, 1.54) is 30.3 Å². The molecule has 1 saturated heterocycles. The summed E-state index contributed by atoms with van der Waals surface area (Å²) in [5, 5.41) is 23.2. The number of aliphatic hydroxyl groups is 1. The lowest BCUT2D eigenvalue weighted by Gasteiger charge is -2.26. The van der Waals surface area contributed by atoms with Crippen molar-refractivity contribution in [2.24, 2.45) is 13.0 Å². The lowest BCUT2D eigenvalue weighted by molar-refractivity contribution is -0.160. The van der Waals surface area contributed by atoms with Gasteiger partial charge < -0.3 is 15.1 Å². The quantitative estimate of drug-likeness (QED) is 0.288. The molecule has 3 aliphatic rings. The number of fused-ring (bicyclic) bond motifs is 1. The van der Waals surface area contributed by atoms with Crippen molar-refractivity contribution in [2.45, 2.75) is 56.2 Å². The fraction of sp³-hybridized carbons (Fsp3) is 0.419. The smallest absolute Gasteiger partial charge is 0.398 e. The highest BCUT2D eigenvalue weighted by molar-refractivity contribution is 6.33. The molecule has 2 fully saturated rings. The van der Waals surface area contributed by atoms with Gasteiger partial charge in [-0.2, -0.15) is 18.3 Å². The molecule has 6 rings (SSSR count). The highest BCUT2D eigenvalue weighted by Gasteiger charge is 2.64. The van der Waals surface area contributed by atoms with Crippen LogP contribution in [0, 0.1) is 11.7 Å². The molecule has 3 aromatic rings. The number of aromatic nitrogens is 2. The summed E-state index contributed by atoms with van der Waals surface area (Å²) in [6, 6.07) is 8.01. The summed E-state index contributed by atoms with van der Waals surface area (Å²) >= 11 is 5.71. The number of amides is 1. The second-order valence-electron chi connectivity index (χ2n) is 11.5. The first kappa shape index (κ1) is 31.6. The maximum atomic E-state index is 14.5. The van der Waals surface area contributed by atoms with Crippen molar-refractivity contribution in [3.05, 3.63) is 75.2 Å². The zero-order chi connectivity index (χ0) is 32.0. The van der Waals surface area contributed by atoms with Crippen LogP contribution in [0.3, 0.4) is 0 Å². The maximum absolute atomic E-state index is 14.5. The Labute approximate surface area is 255 Å². The van der Waals surface area contributed by atoms with E-state index in [1.807, 2.05) is 0 Å². The Morgan fingerprint density at radius 2 is 1.89 bits per heavy atom. The highest BCUT2D eigenvalue weighted by atomic mass is 35.5. The van der Waals surface area contributed by atoms with Crippen LogP contribution in [0.4, 0.5) is 17.6 Å². The molecule has 13 heteroatoms. The molecule has 2 atom stereocenters. The minimum atomic E-state index is -4.32. The van der Waals surface area contributed by atoms with Crippen molar-refractivity contribution in [1.82, 2.24) is 14.7 Å². The molecule has 234 valence electrons. The summed E-state index contributed by atoms with van der Waals surface area (Å²) in [5.41, 5.74) is 0.597. The van der Waals surface area contributed by atoms with Gasteiger partial charge in [0.2, 0.25) is 5.91 Å². The molecular formula is C31H30ClF4N3O5. The van der Waals surface area contributed by atoms with Gasteiger partial charge >= 0.3 is 12.1 Å². The van der Waals surface area contributed by atoms with Gasteiger partial charge in [-0.05, 0) is 61.9 Å². The van der Waals surface area contributed by atoms with Crippen molar-refractivity contribution in [2.75, 3.05) is 13.1 Å². The van der Waals surface area contributed by atoms with Gasteiger partial charge in [0.15, 0.2) is 6.29 Å². The molecule has 1 aliphatic heterocycles. The molecule has 2 unspecified atom stereocenters. The lowest BCUT2D eigenvalue weighted by Crippen LogP contribution is -2.37. The van der Waals surface area contributed by atoms with E-state index in [4.69, 9.17) is 16.7 Å². The van der Waals surface area contributed by atoms with Crippen LogP contribution in [0.15, 0.2) is 36.4 Å². The molecule has 1 saturated carbocycles. The van der Waals surface area contributed by atoms with Gasteiger partial charge in [0.1, 0.15) is 5.82 Å². The number of halogens is 5. The zero-order valence-electron chi connectivity index (χ0n) is 23.7. The molecular weight excluding hydrogens is 606 g/mol. The monoisotopic (exact) mass is 635 g/mol. The predicted molar refractivity (Wildman–Crippen MR) is 152 cm³/mol. The summed E-state index contributed by atoms with van der Waals surface area (Å²) < 4.78 is 54.8.